The molecule has 2 fully saturated rings. The lowest BCUT2D eigenvalue weighted by atomic mass is 10.1. The number of esters is 1. The third kappa shape index (κ3) is 4.95. The van der Waals surface area contributed by atoms with Gasteiger partial charge in [-0.1, -0.05) is 36.0 Å². The van der Waals surface area contributed by atoms with E-state index in [9.17, 15) is 22.8 Å². The Labute approximate surface area is 213 Å². The molecular formula is C24H24Cl2N2O6S. The fraction of sp³-hybridized carbons (Fsp3) is 0.375. The van der Waals surface area contributed by atoms with Crippen LogP contribution in [0.5, 0.6) is 0 Å². The molecule has 2 aromatic carbocycles. The highest BCUT2D eigenvalue weighted by Gasteiger charge is 2.50. The highest BCUT2D eigenvalue weighted by molar-refractivity contribution is 7.89. The van der Waals surface area contributed by atoms with Crippen molar-refractivity contribution in [3.8, 4) is 0 Å². The molecule has 0 radical (unpaired) electrons. The van der Waals surface area contributed by atoms with Crippen molar-refractivity contribution >= 4 is 56.7 Å². The summed E-state index contributed by atoms with van der Waals surface area (Å²) in [6, 6.07) is 8.32. The Morgan fingerprint density at radius 2 is 1.74 bits per heavy atom. The van der Waals surface area contributed by atoms with Crippen molar-refractivity contribution in [3.05, 3.63) is 58.1 Å². The van der Waals surface area contributed by atoms with Crippen LogP contribution >= 0.6 is 23.2 Å². The lowest BCUT2D eigenvalue weighted by molar-refractivity contribution is -0.122. The van der Waals surface area contributed by atoms with Gasteiger partial charge in [-0.3, -0.25) is 9.59 Å². The van der Waals surface area contributed by atoms with Crippen LogP contribution in [0.4, 0.5) is 5.69 Å². The van der Waals surface area contributed by atoms with Gasteiger partial charge in [0, 0.05) is 11.1 Å². The minimum absolute atomic E-state index is 0.0134. The van der Waals surface area contributed by atoms with Crippen molar-refractivity contribution < 1.29 is 27.5 Å². The van der Waals surface area contributed by atoms with Crippen LogP contribution in [0.2, 0.25) is 10.0 Å². The minimum atomic E-state index is -4.25. The minimum Gasteiger partial charge on any atom is -0.462 e. The molecule has 186 valence electrons. The van der Waals surface area contributed by atoms with Crippen LogP contribution in [0, 0.1) is 0 Å². The van der Waals surface area contributed by atoms with E-state index in [1.165, 1.54) is 42.5 Å². The quantitative estimate of drug-likeness (QED) is 0.381. The number of carbonyl (C=O) groups excluding carboxylic acids is 3. The van der Waals surface area contributed by atoms with Gasteiger partial charge in [-0.25, -0.2) is 18.1 Å². The van der Waals surface area contributed by atoms with Gasteiger partial charge in [0.25, 0.3) is 5.91 Å². The molecule has 0 bridgehead atoms. The molecule has 2 aromatic rings. The van der Waals surface area contributed by atoms with E-state index in [2.05, 4.69) is 0 Å². The molecule has 1 atom stereocenters. The van der Waals surface area contributed by atoms with Crippen molar-refractivity contribution in [2.45, 2.75) is 56.0 Å². The van der Waals surface area contributed by atoms with E-state index in [0.717, 1.165) is 22.0 Å². The largest absolute Gasteiger partial charge is 0.462 e. The average molecular weight is 539 g/mol. The molecule has 11 heteroatoms. The first-order chi connectivity index (χ1) is 16.6. The number of ether oxygens (including phenoxy) is 1. The van der Waals surface area contributed by atoms with Crippen molar-refractivity contribution in [2.24, 2.45) is 0 Å². The van der Waals surface area contributed by atoms with Gasteiger partial charge in [-0.05, 0) is 62.2 Å². The van der Waals surface area contributed by atoms with Crippen molar-refractivity contribution in [2.75, 3.05) is 11.5 Å². The summed E-state index contributed by atoms with van der Waals surface area (Å²) in [7, 11) is -4.25. The number of sulfonamides is 1. The molecule has 1 saturated heterocycles. The Morgan fingerprint density at radius 3 is 2.37 bits per heavy atom. The Bertz CT molecular complexity index is 1260. The molecule has 0 N–H and O–H groups in total. The van der Waals surface area contributed by atoms with Gasteiger partial charge >= 0.3 is 5.97 Å². The van der Waals surface area contributed by atoms with Crippen LogP contribution in [-0.2, 0) is 24.3 Å². The SMILES string of the molecule is CCOC(=O)c1ccc(N2C(=O)CC(N(C3CCCC3)S(=O)(=O)c3cc(Cl)ccc3Cl)C2=O)cc1. The molecule has 1 unspecified atom stereocenters. The standard InChI is InChI=1S/C24H24Cl2N2O6S/c1-2-34-24(31)15-7-10-17(11-8-15)27-22(29)14-20(23(27)30)28(18-5-3-4-6-18)35(32,33)21-13-16(25)9-12-19(21)26/h7-13,18,20H,2-6,14H2,1H3. The molecule has 35 heavy (non-hydrogen) atoms. The Kier molecular flexibility index (Phi) is 7.51. The zero-order valence-electron chi connectivity index (χ0n) is 18.9. The number of amides is 2. The maximum atomic E-state index is 13.8. The lowest BCUT2D eigenvalue weighted by Gasteiger charge is -2.32. The summed E-state index contributed by atoms with van der Waals surface area (Å²) < 4.78 is 33.7. The molecule has 0 spiro atoms. The second-order valence-corrected chi connectivity index (χ2v) is 11.1. The van der Waals surface area contributed by atoms with Gasteiger partial charge in [0.15, 0.2) is 0 Å². The van der Waals surface area contributed by atoms with Gasteiger partial charge in [-0.15, -0.1) is 0 Å². The molecule has 1 heterocycles. The lowest BCUT2D eigenvalue weighted by Crippen LogP contribution is -2.49. The van der Waals surface area contributed by atoms with E-state index in [-0.39, 0.29) is 39.2 Å². The number of halogens is 2. The summed E-state index contributed by atoms with van der Waals surface area (Å²) in [5, 5.41) is 0.178. The maximum absolute atomic E-state index is 13.8. The number of hydrogen-bond acceptors (Lipinski definition) is 6. The predicted octanol–water partition coefficient (Wildman–Crippen LogP) is 4.44. The van der Waals surface area contributed by atoms with Crippen molar-refractivity contribution in [1.82, 2.24) is 4.31 Å². The topological polar surface area (TPSA) is 101 Å². The van der Waals surface area contributed by atoms with Gasteiger partial charge in [0.05, 0.1) is 29.3 Å². The first-order valence-electron chi connectivity index (χ1n) is 11.3. The highest BCUT2D eigenvalue weighted by Crippen LogP contribution is 2.38. The molecule has 4 rings (SSSR count). The number of rotatable bonds is 7. The first-order valence-corrected chi connectivity index (χ1v) is 13.5. The van der Waals surface area contributed by atoms with E-state index < -0.39 is 39.9 Å². The van der Waals surface area contributed by atoms with Gasteiger partial charge in [0.2, 0.25) is 15.9 Å². The second-order valence-electron chi connectivity index (χ2n) is 8.40. The average Bonchev–Trinajstić information content (AvgIpc) is 3.44. The fourth-order valence-corrected chi connectivity index (χ4v) is 7.18. The predicted molar refractivity (Wildman–Crippen MR) is 131 cm³/mol. The van der Waals surface area contributed by atoms with Crippen LogP contribution in [-0.4, -0.2) is 49.2 Å². The molecule has 0 aromatic heterocycles. The Morgan fingerprint density at radius 1 is 1.09 bits per heavy atom. The van der Waals surface area contributed by atoms with Crippen LogP contribution in [0.25, 0.3) is 0 Å². The molecule has 1 saturated carbocycles. The van der Waals surface area contributed by atoms with Crippen LogP contribution in [0.3, 0.4) is 0 Å². The summed E-state index contributed by atoms with van der Waals surface area (Å²) in [5.41, 5.74) is 0.525. The number of hydrogen-bond donors (Lipinski definition) is 0. The van der Waals surface area contributed by atoms with Crippen molar-refractivity contribution in [3.63, 3.8) is 0 Å². The summed E-state index contributed by atoms with van der Waals surface area (Å²) in [5.74, 6) is -1.69. The first kappa shape index (κ1) is 25.6. The monoisotopic (exact) mass is 538 g/mol. The molecule has 2 amide bonds. The van der Waals surface area contributed by atoms with E-state index in [1.54, 1.807) is 6.92 Å². The molecule has 8 nitrogen and oxygen atoms in total. The normalized spacial score (nSPS) is 19.1. The van der Waals surface area contributed by atoms with E-state index in [1.807, 2.05) is 0 Å². The number of carbonyl (C=O) groups is 3. The highest BCUT2D eigenvalue weighted by atomic mass is 35.5. The van der Waals surface area contributed by atoms with Gasteiger partial charge in [-0.2, -0.15) is 4.31 Å². The number of nitrogens with zero attached hydrogens (tertiary/aromatic N) is 2. The summed E-state index contributed by atoms with van der Waals surface area (Å²) in [6.07, 6.45) is 2.47. The smallest absolute Gasteiger partial charge is 0.338 e. The number of anilines is 1. The van der Waals surface area contributed by atoms with E-state index >= 15 is 0 Å². The zero-order valence-corrected chi connectivity index (χ0v) is 21.3. The molecular weight excluding hydrogens is 515 g/mol. The van der Waals surface area contributed by atoms with Crippen LogP contribution in [0.15, 0.2) is 47.4 Å². The summed E-state index contributed by atoms with van der Waals surface area (Å²) in [6.45, 7) is 1.90. The number of benzene rings is 2. The van der Waals surface area contributed by atoms with Crippen molar-refractivity contribution in [1.29, 1.82) is 0 Å². The molecule has 2 aliphatic rings. The van der Waals surface area contributed by atoms with Gasteiger partial charge < -0.3 is 4.74 Å². The third-order valence-corrected chi connectivity index (χ3v) is 8.88. The summed E-state index contributed by atoms with van der Waals surface area (Å²) >= 11 is 12.3. The Hall–Kier alpha value is -2.46. The Balaban J connectivity index is 1.69. The fourth-order valence-electron chi connectivity index (χ4n) is 4.61. The molecule has 1 aliphatic heterocycles. The van der Waals surface area contributed by atoms with Crippen LogP contribution in [0.1, 0.15) is 49.4 Å². The third-order valence-electron chi connectivity index (χ3n) is 6.20. The van der Waals surface area contributed by atoms with Crippen LogP contribution < -0.4 is 4.90 Å². The van der Waals surface area contributed by atoms with Gasteiger partial charge in [0.1, 0.15) is 10.9 Å². The van der Waals surface area contributed by atoms with E-state index in [0.29, 0.717) is 12.8 Å². The number of imide groups is 1. The zero-order chi connectivity index (χ0) is 25.3. The molecule has 1 aliphatic carbocycles. The van der Waals surface area contributed by atoms with E-state index in [4.69, 9.17) is 27.9 Å². The second kappa shape index (κ2) is 10.3. The summed E-state index contributed by atoms with van der Waals surface area (Å²) in [4.78, 5) is 39.2. The maximum Gasteiger partial charge on any atom is 0.338 e.